The third-order valence-corrected chi connectivity index (χ3v) is 8.31. The van der Waals surface area contributed by atoms with Crippen LogP contribution in [0.2, 0.25) is 0 Å². The van der Waals surface area contributed by atoms with Crippen molar-refractivity contribution in [2.24, 2.45) is 11.8 Å². The number of carbonyl (C=O) groups excluding carboxylic acids is 1. The molecule has 7 nitrogen and oxygen atoms in total. The number of hydrazine groups is 1. The van der Waals surface area contributed by atoms with Crippen LogP contribution in [0.3, 0.4) is 0 Å². The van der Waals surface area contributed by atoms with Crippen LogP contribution in [0.15, 0.2) is 0 Å². The van der Waals surface area contributed by atoms with Gasteiger partial charge in [0.2, 0.25) is 15.9 Å². The lowest BCUT2D eigenvalue weighted by Gasteiger charge is -2.37. The van der Waals surface area contributed by atoms with Gasteiger partial charge in [-0.2, -0.15) is 0 Å². The van der Waals surface area contributed by atoms with Crippen LogP contribution >= 0.6 is 11.6 Å². The van der Waals surface area contributed by atoms with Crippen LogP contribution in [0.5, 0.6) is 0 Å². The zero-order valence-corrected chi connectivity index (χ0v) is 17.2. The molecule has 0 radical (unpaired) electrons. The van der Waals surface area contributed by atoms with Gasteiger partial charge in [-0.1, -0.05) is 19.3 Å². The van der Waals surface area contributed by atoms with Crippen LogP contribution in [0.25, 0.3) is 0 Å². The molecule has 0 aromatic rings. The van der Waals surface area contributed by atoms with Crippen molar-refractivity contribution in [2.45, 2.75) is 67.8 Å². The lowest BCUT2D eigenvalue weighted by Crippen LogP contribution is -2.53. The van der Waals surface area contributed by atoms with Crippen molar-refractivity contribution in [3.8, 4) is 0 Å². The zero-order valence-electron chi connectivity index (χ0n) is 15.7. The smallest absolute Gasteiger partial charge is 0.241 e. The van der Waals surface area contributed by atoms with Gasteiger partial charge in [0, 0.05) is 19.3 Å². The molecule has 5 unspecified atom stereocenters. The van der Waals surface area contributed by atoms with E-state index in [1.165, 1.54) is 0 Å². The summed E-state index contributed by atoms with van der Waals surface area (Å²) in [4.78, 5) is 16.9. The molecule has 0 bridgehead atoms. The van der Waals surface area contributed by atoms with Gasteiger partial charge in [-0.15, -0.1) is 16.4 Å². The summed E-state index contributed by atoms with van der Waals surface area (Å²) in [6.07, 6.45) is 3.33. The van der Waals surface area contributed by atoms with E-state index in [0.717, 1.165) is 32.5 Å². The molecule has 3 fully saturated rings. The zero-order chi connectivity index (χ0) is 19.6. The van der Waals surface area contributed by atoms with Crippen molar-refractivity contribution in [1.29, 1.82) is 0 Å². The molecule has 2 saturated carbocycles. The summed E-state index contributed by atoms with van der Waals surface area (Å²) in [7, 11) is -1.64. The number of nitrogens with one attached hydrogen (secondary N) is 3. The molecule has 0 aromatic heterocycles. The second-order valence-electron chi connectivity index (χ2n) is 8.20. The molecule has 3 rings (SSSR count). The molecule has 3 N–H and O–H groups in total. The van der Waals surface area contributed by atoms with Crippen LogP contribution in [-0.2, 0) is 14.8 Å². The van der Waals surface area contributed by atoms with Crippen LogP contribution < -0.4 is 15.6 Å². The lowest BCUT2D eigenvalue weighted by atomic mass is 9.76. The Hall–Kier alpha value is -0.480. The Morgan fingerprint density at radius 1 is 1.22 bits per heavy atom. The Bertz CT molecular complexity index is 632. The maximum atomic E-state index is 14.6. The third kappa shape index (κ3) is 5.12. The Labute approximate surface area is 165 Å². The molecule has 1 saturated heterocycles. The summed E-state index contributed by atoms with van der Waals surface area (Å²) >= 11 is 6.19. The van der Waals surface area contributed by atoms with Crippen LogP contribution in [0, 0.1) is 11.8 Å². The standard InChI is InChI=1S/C17H30ClFN4O3S/c1-23-9-15(20-10-23)11-7-13(16(19)14(18)8-11)17(24)21-22-27(25,26)12-5-3-2-4-6-12/h11-16,20,22H,2-10H2,1H3,(H,21,24). The van der Waals surface area contributed by atoms with Crippen LogP contribution in [-0.4, -0.2) is 62.3 Å². The number of likely N-dealkylation sites (N-methyl/N-ethyl adjacent to an activating group) is 1. The van der Waals surface area contributed by atoms with Gasteiger partial charge in [0.15, 0.2) is 0 Å². The van der Waals surface area contributed by atoms with E-state index < -0.39 is 38.6 Å². The second-order valence-corrected chi connectivity index (χ2v) is 10.7. The van der Waals surface area contributed by atoms with Gasteiger partial charge in [0.05, 0.1) is 16.5 Å². The van der Waals surface area contributed by atoms with Gasteiger partial charge in [0.1, 0.15) is 6.17 Å². The monoisotopic (exact) mass is 424 g/mol. The molecule has 3 aliphatic rings. The number of hydrogen-bond donors (Lipinski definition) is 3. The SMILES string of the molecule is CN1CNC(C2CC(Cl)C(F)C(C(=O)NNS(=O)(=O)C3CCCCC3)C2)C1. The Morgan fingerprint density at radius 2 is 1.93 bits per heavy atom. The topological polar surface area (TPSA) is 90.5 Å². The molecule has 10 heteroatoms. The number of hydrogen-bond acceptors (Lipinski definition) is 5. The molecule has 0 aromatic carbocycles. The van der Waals surface area contributed by atoms with Gasteiger partial charge >= 0.3 is 0 Å². The number of amides is 1. The number of alkyl halides is 2. The van der Waals surface area contributed by atoms with Crippen LogP contribution in [0.1, 0.15) is 44.9 Å². The molecule has 1 aliphatic heterocycles. The Balaban J connectivity index is 1.58. The molecule has 156 valence electrons. The minimum Gasteiger partial charge on any atom is -0.300 e. The van der Waals surface area contributed by atoms with Crippen molar-refractivity contribution in [1.82, 2.24) is 20.5 Å². The fraction of sp³-hybridized carbons (Fsp3) is 0.941. The lowest BCUT2D eigenvalue weighted by molar-refractivity contribution is -0.129. The fourth-order valence-electron chi connectivity index (χ4n) is 4.53. The van der Waals surface area contributed by atoms with Gasteiger partial charge in [-0.3, -0.25) is 20.4 Å². The summed E-state index contributed by atoms with van der Waals surface area (Å²) in [6.45, 7) is 1.58. The molecule has 1 heterocycles. The number of nitrogens with zero attached hydrogens (tertiary/aromatic N) is 1. The summed E-state index contributed by atoms with van der Waals surface area (Å²) < 4.78 is 39.3. The van der Waals surface area contributed by atoms with Crippen molar-refractivity contribution < 1.29 is 17.6 Å². The molecule has 27 heavy (non-hydrogen) atoms. The van der Waals surface area contributed by atoms with Crippen molar-refractivity contribution in [3.63, 3.8) is 0 Å². The van der Waals surface area contributed by atoms with E-state index in [1.54, 1.807) is 0 Å². The highest BCUT2D eigenvalue weighted by Gasteiger charge is 2.44. The maximum absolute atomic E-state index is 14.6. The van der Waals surface area contributed by atoms with E-state index in [1.807, 2.05) is 7.05 Å². The Kier molecular flexibility index (Phi) is 7.00. The minimum atomic E-state index is -3.64. The number of halogens is 2. The quantitative estimate of drug-likeness (QED) is 0.454. The first-order valence-corrected chi connectivity index (χ1v) is 11.8. The summed E-state index contributed by atoms with van der Waals surface area (Å²) in [5, 5.41) is 2.13. The van der Waals surface area contributed by atoms with Crippen molar-refractivity contribution in [3.05, 3.63) is 0 Å². The number of rotatable bonds is 5. The van der Waals surface area contributed by atoms with Crippen LogP contribution in [0.4, 0.5) is 4.39 Å². The van der Waals surface area contributed by atoms with Gasteiger partial charge in [0.25, 0.3) is 0 Å². The maximum Gasteiger partial charge on any atom is 0.241 e. The highest BCUT2D eigenvalue weighted by atomic mass is 35.5. The second kappa shape index (κ2) is 8.90. The molecule has 1 amide bonds. The van der Waals surface area contributed by atoms with E-state index in [9.17, 15) is 17.6 Å². The molecule has 2 aliphatic carbocycles. The molecular formula is C17H30ClFN4O3S. The molecule has 0 spiro atoms. The van der Waals surface area contributed by atoms with E-state index in [0.29, 0.717) is 25.7 Å². The first kappa shape index (κ1) is 21.2. The number of carbonyl (C=O) groups is 1. The highest BCUT2D eigenvalue weighted by molar-refractivity contribution is 7.90. The van der Waals surface area contributed by atoms with Crippen molar-refractivity contribution in [2.75, 3.05) is 20.3 Å². The average molecular weight is 425 g/mol. The first-order chi connectivity index (χ1) is 12.8. The summed E-state index contributed by atoms with van der Waals surface area (Å²) in [6, 6.07) is 0.165. The first-order valence-electron chi connectivity index (χ1n) is 9.78. The van der Waals surface area contributed by atoms with E-state index in [4.69, 9.17) is 11.6 Å². The molecule has 5 atom stereocenters. The van der Waals surface area contributed by atoms with Gasteiger partial charge in [-0.05, 0) is 38.6 Å². The third-order valence-electron chi connectivity index (χ3n) is 6.16. The predicted octanol–water partition coefficient (Wildman–Crippen LogP) is 1.10. The average Bonchev–Trinajstić information content (AvgIpc) is 3.09. The summed E-state index contributed by atoms with van der Waals surface area (Å²) in [5.41, 5.74) is 2.25. The van der Waals surface area contributed by atoms with Gasteiger partial charge < -0.3 is 0 Å². The van der Waals surface area contributed by atoms with E-state index in [-0.39, 0.29) is 12.0 Å². The minimum absolute atomic E-state index is 0.0788. The number of sulfonamides is 1. The van der Waals surface area contributed by atoms with Crippen molar-refractivity contribution >= 4 is 27.5 Å². The largest absolute Gasteiger partial charge is 0.300 e. The predicted molar refractivity (Wildman–Crippen MR) is 102 cm³/mol. The van der Waals surface area contributed by atoms with E-state index >= 15 is 0 Å². The van der Waals surface area contributed by atoms with Gasteiger partial charge in [-0.25, -0.2) is 12.8 Å². The summed E-state index contributed by atoms with van der Waals surface area (Å²) in [5.74, 6) is -1.51. The normalized spacial score (nSPS) is 36.6. The van der Waals surface area contributed by atoms with E-state index in [2.05, 4.69) is 20.5 Å². The fourth-order valence-corrected chi connectivity index (χ4v) is 6.30. The Morgan fingerprint density at radius 3 is 2.56 bits per heavy atom. The molecular weight excluding hydrogens is 395 g/mol. The highest BCUT2D eigenvalue weighted by Crippen LogP contribution is 2.37.